The molecule has 0 radical (unpaired) electrons. The molecule has 1 heterocycles. The first-order valence-electron chi connectivity index (χ1n) is 4.73. The molecule has 0 unspecified atom stereocenters. The molecule has 1 N–H and O–H groups in total. The molecule has 1 fully saturated rings. The quantitative estimate of drug-likeness (QED) is 0.812. The van der Waals surface area contributed by atoms with Gasteiger partial charge in [-0.3, -0.25) is 14.6 Å². The number of rotatable bonds is 4. The predicted octanol–water partition coefficient (Wildman–Crippen LogP) is 1.01. The van der Waals surface area contributed by atoms with Crippen molar-refractivity contribution in [2.24, 2.45) is 0 Å². The normalized spacial score (nSPS) is 20.5. The van der Waals surface area contributed by atoms with Crippen LogP contribution in [0.25, 0.3) is 0 Å². The summed E-state index contributed by atoms with van der Waals surface area (Å²) in [5, 5.41) is 9.23. The lowest BCUT2D eigenvalue weighted by molar-refractivity contribution is -0.138. The third kappa shape index (κ3) is 4.84. The van der Waals surface area contributed by atoms with E-state index in [0.29, 0.717) is 11.6 Å². The van der Waals surface area contributed by atoms with Crippen LogP contribution < -0.4 is 0 Å². The van der Waals surface area contributed by atoms with Crippen molar-refractivity contribution < 1.29 is 9.90 Å². The van der Waals surface area contributed by atoms with Crippen molar-refractivity contribution in [3.05, 3.63) is 10.6 Å². The maximum absolute atomic E-state index is 10.5. The highest BCUT2D eigenvalue weighted by molar-refractivity contribution is 6.36. The van der Waals surface area contributed by atoms with E-state index >= 15 is 0 Å². The SMILES string of the molecule is O=C(O)CN1CCN(CC(Cl)=CCl)CC1. The molecule has 1 aliphatic heterocycles. The fourth-order valence-corrected chi connectivity index (χ4v) is 1.78. The highest BCUT2D eigenvalue weighted by Gasteiger charge is 2.18. The summed E-state index contributed by atoms with van der Waals surface area (Å²) in [6.07, 6.45) is 0. The lowest BCUT2D eigenvalue weighted by Crippen LogP contribution is -2.48. The van der Waals surface area contributed by atoms with Crippen LogP contribution in [0.1, 0.15) is 0 Å². The third-order valence-electron chi connectivity index (χ3n) is 2.32. The summed E-state index contributed by atoms with van der Waals surface area (Å²) >= 11 is 11.3. The minimum atomic E-state index is -0.776. The number of carboxylic acid groups (broad SMARTS) is 1. The van der Waals surface area contributed by atoms with Crippen LogP contribution in [0.3, 0.4) is 0 Å². The van der Waals surface area contributed by atoms with E-state index in [0.717, 1.165) is 26.2 Å². The van der Waals surface area contributed by atoms with Gasteiger partial charge >= 0.3 is 5.97 Å². The zero-order valence-corrected chi connectivity index (χ0v) is 9.84. The molecule has 6 heteroatoms. The molecule has 4 nitrogen and oxygen atoms in total. The molecule has 0 saturated carbocycles. The van der Waals surface area contributed by atoms with Gasteiger partial charge in [-0.05, 0) is 0 Å². The van der Waals surface area contributed by atoms with E-state index in [4.69, 9.17) is 28.3 Å². The molecule has 0 amide bonds. The van der Waals surface area contributed by atoms with E-state index < -0.39 is 5.97 Å². The molecular formula is C9H14Cl2N2O2. The van der Waals surface area contributed by atoms with Crippen molar-refractivity contribution in [1.82, 2.24) is 9.80 Å². The van der Waals surface area contributed by atoms with Crippen LogP contribution in [0, 0.1) is 0 Å². The van der Waals surface area contributed by atoms with Gasteiger partial charge in [0.15, 0.2) is 0 Å². The van der Waals surface area contributed by atoms with Crippen LogP contribution in [0.15, 0.2) is 10.6 Å². The number of hydrogen-bond donors (Lipinski definition) is 1. The molecule has 1 rings (SSSR count). The van der Waals surface area contributed by atoms with Gasteiger partial charge < -0.3 is 5.11 Å². The Morgan fingerprint density at radius 1 is 1.20 bits per heavy atom. The zero-order chi connectivity index (χ0) is 11.3. The van der Waals surface area contributed by atoms with Gasteiger partial charge in [0.05, 0.1) is 6.54 Å². The van der Waals surface area contributed by atoms with Gasteiger partial charge in [-0.1, -0.05) is 23.2 Å². The van der Waals surface area contributed by atoms with Crippen molar-refractivity contribution in [2.45, 2.75) is 0 Å². The summed E-state index contributed by atoms with van der Waals surface area (Å²) in [5.41, 5.74) is 1.37. The van der Waals surface area contributed by atoms with Gasteiger partial charge in [-0.2, -0.15) is 0 Å². The van der Waals surface area contributed by atoms with Crippen LogP contribution in [-0.4, -0.2) is 60.1 Å². The molecule has 0 bridgehead atoms. The molecule has 1 aliphatic rings. The van der Waals surface area contributed by atoms with E-state index in [2.05, 4.69) is 4.90 Å². The Balaban J connectivity index is 2.26. The van der Waals surface area contributed by atoms with Crippen molar-refractivity contribution >= 4 is 29.2 Å². The molecule has 1 saturated heterocycles. The number of piperazine rings is 1. The van der Waals surface area contributed by atoms with E-state index in [1.165, 1.54) is 5.54 Å². The Bertz CT molecular complexity index is 250. The second kappa shape index (κ2) is 6.33. The standard InChI is InChI=1S/C9H14Cl2N2O2/c10-5-8(11)6-12-1-3-13(4-2-12)7-9(14)15/h5H,1-4,6-7H2,(H,14,15). The first-order chi connectivity index (χ1) is 7.11. The lowest BCUT2D eigenvalue weighted by atomic mass is 10.3. The molecule has 0 aromatic heterocycles. The van der Waals surface area contributed by atoms with Crippen LogP contribution in [0.4, 0.5) is 0 Å². The average Bonchev–Trinajstić information content (AvgIpc) is 2.20. The lowest BCUT2D eigenvalue weighted by Gasteiger charge is -2.33. The van der Waals surface area contributed by atoms with E-state index in [-0.39, 0.29) is 6.54 Å². The number of aliphatic carboxylic acids is 1. The Morgan fingerprint density at radius 3 is 2.07 bits per heavy atom. The predicted molar refractivity (Wildman–Crippen MR) is 60.3 cm³/mol. The second-order valence-corrected chi connectivity index (χ2v) is 4.21. The molecule has 86 valence electrons. The molecule has 0 atom stereocenters. The van der Waals surface area contributed by atoms with Crippen molar-refractivity contribution in [3.63, 3.8) is 0 Å². The molecule has 0 aliphatic carbocycles. The average molecular weight is 253 g/mol. The van der Waals surface area contributed by atoms with Crippen molar-refractivity contribution in [1.29, 1.82) is 0 Å². The Morgan fingerprint density at radius 2 is 1.67 bits per heavy atom. The molecule has 0 aromatic rings. The minimum Gasteiger partial charge on any atom is -0.480 e. The number of carbonyl (C=O) groups is 1. The van der Waals surface area contributed by atoms with Gasteiger partial charge in [-0.15, -0.1) is 0 Å². The number of nitrogens with zero attached hydrogens (tertiary/aromatic N) is 2. The van der Waals surface area contributed by atoms with E-state index in [1.54, 1.807) is 0 Å². The summed E-state index contributed by atoms with van der Waals surface area (Å²) in [6.45, 7) is 3.94. The summed E-state index contributed by atoms with van der Waals surface area (Å²) < 4.78 is 0. The number of halogens is 2. The maximum atomic E-state index is 10.5. The van der Waals surface area contributed by atoms with Gasteiger partial charge in [0.25, 0.3) is 0 Å². The van der Waals surface area contributed by atoms with E-state index in [1.807, 2.05) is 4.90 Å². The monoisotopic (exact) mass is 252 g/mol. The third-order valence-corrected chi connectivity index (χ3v) is 2.92. The Labute approximate surface area is 99.0 Å². The minimum absolute atomic E-state index is 0.118. The largest absolute Gasteiger partial charge is 0.480 e. The number of hydrogen-bond acceptors (Lipinski definition) is 3. The highest BCUT2D eigenvalue weighted by atomic mass is 35.5. The summed E-state index contributed by atoms with van der Waals surface area (Å²) in [4.78, 5) is 14.5. The Kier molecular flexibility index (Phi) is 5.39. The fraction of sp³-hybridized carbons (Fsp3) is 0.667. The highest BCUT2D eigenvalue weighted by Crippen LogP contribution is 2.09. The molecule has 15 heavy (non-hydrogen) atoms. The molecular weight excluding hydrogens is 239 g/mol. The summed E-state index contributed by atoms with van der Waals surface area (Å²) in [7, 11) is 0. The van der Waals surface area contributed by atoms with Crippen molar-refractivity contribution in [2.75, 3.05) is 39.3 Å². The van der Waals surface area contributed by atoms with Crippen LogP contribution in [0.5, 0.6) is 0 Å². The first-order valence-corrected chi connectivity index (χ1v) is 5.54. The second-order valence-electron chi connectivity index (χ2n) is 3.50. The molecule has 0 spiro atoms. The smallest absolute Gasteiger partial charge is 0.317 e. The van der Waals surface area contributed by atoms with Gasteiger partial charge in [0, 0.05) is 43.3 Å². The summed E-state index contributed by atoms with van der Waals surface area (Å²) in [6, 6.07) is 0. The van der Waals surface area contributed by atoms with Crippen LogP contribution in [0.2, 0.25) is 0 Å². The van der Waals surface area contributed by atoms with Crippen LogP contribution in [-0.2, 0) is 4.79 Å². The molecule has 0 aromatic carbocycles. The maximum Gasteiger partial charge on any atom is 0.317 e. The van der Waals surface area contributed by atoms with E-state index in [9.17, 15) is 4.79 Å². The topological polar surface area (TPSA) is 43.8 Å². The Hall–Kier alpha value is -0.290. The zero-order valence-electron chi connectivity index (χ0n) is 8.33. The van der Waals surface area contributed by atoms with Gasteiger partial charge in [0.2, 0.25) is 0 Å². The van der Waals surface area contributed by atoms with Crippen molar-refractivity contribution in [3.8, 4) is 0 Å². The van der Waals surface area contributed by atoms with Crippen LogP contribution >= 0.6 is 23.2 Å². The first kappa shape index (κ1) is 12.8. The van der Waals surface area contributed by atoms with Gasteiger partial charge in [0.1, 0.15) is 0 Å². The van der Waals surface area contributed by atoms with Gasteiger partial charge in [-0.25, -0.2) is 0 Å². The summed E-state index contributed by atoms with van der Waals surface area (Å²) in [5.74, 6) is -0.776. The number of carboxylic acids is 1. The fourth-order valence-electron chi connectivity index (χ4n) is 1.54.